The van der Waals surface area contributed by atoms with Crippen LogP contribution in [0, 0.1) is 11.8 Å². The van der Waals surface area contributed by atoms with Crippen LogP contribution >= 0.6 is 0 Å². The molecule has 1 heterocycles. The number of amides is 2. The number of nitrogens with zero attached hydrogens (tertiary/aromatic N) is 1. The molecule has 7 nitrogen and oxygen atoms in total. The van der Waals surface area contributed by atoms with Crippen molar-refractivity contribution in [1.29, 1.82) is 0 Å². The highest BCUT2D eigenvalue weighted by Crippen LogP contribution is 2.31. The maximum atomic E-state index is 12.5. The van der Waals surface area contributed by atoms with E-state index < -0.39 is 10.0 Å². The number of urea groups is 1. The number of ether oxygens (including phenoxy) is 1. The van der Waals surface area contributed by atoms with E-state index >= 15 is 0 Å². The predicted octanol–water partition coefficient (Wildman–Crippen LogP) is 2.33. The summed E-state index contributed by atoms with van der Waals surface area (Å²) in [5.41, 5.74) is 0. The zero-order valence-corrected chi connectivity index (χ0v) is 18.1. The fourth-order valence-electron chi connectivity index (χ4n) is 4.34. The van der Waals surface area contributed by atoms with Gasteiger partial charge in [0.1, 0.15) is 0 Å². The summed E-state index contributed by atoms with van der Waals surface area (Å²) in [6.07, 6.45) is 7.32. The number of carbonyl (C=O) groups excluding carboxylic acids is 1. The molecule has 0 spiro atoms. The Morgan fingerprint density at radius 1 is 1.19 bits per heavy atom. The largest absolute Gasteiger partial charge is 0.376 e. The molecular weight excluding hydrogens is 366 g/mol. The number of rotatable bonds is 7. The third kappa shape index (κ3) is 6.91. The van der Waals surface area contributed by atoms with Gasteiger partial charge in [0.15, 0.2) is 0 Å². The van der Waals surface area contributed by atoms with Crippen LogP contribution in [0.4, 0.5) is 4.79 Å². The van der Waals surface area contributed by atoms with Gasteiger partial charge in [0.25, 0.3) is 0 Å². The van der Waals surface area contributed by atoms with Crippen LogP contribution in [0.2, 0.25) is 0 Å². The van der Waals surface area contributed by atoms with Crippen molar-refractivity contribution in [2.75, 3.05) is 26.0 Å². The maximum Gasteiger partial charge on any atom is 0.317 e. The first-order valence-electron chi connectivity index (χ1n) is 10.3. The van der Waals surface area contributed by atoms with E-state index in [-0.39, 0.29) is 24.2 Å². The number of carbonyl (C=O) groups is 1. The average molecular weight is 404 g/mol. The molecule has 2 fully saturated rings. The Labute approximate surface area is 164 Å². The number of likely N-dealkylation sites (tertiary alicyclic amines) is 1. The number of sulfonamides is 1. The molecule has 2 amide bonds. The molecule has 2 N–H and O–H groups in total. The minimum Gasteiger partial charge on any atom is -0.376 e. The lowest BCUT2D eigenvalue weighted by atomic mass is 9.80. The first-order valence-corrected chi connectivity index (χ1v) is 12.2. The van der Waals surface area contributed by atoms with Gasteiger partial charge < -0.3 is 15.0 Å². The highest BCUT2D eigenvalue weighted by Gasteiger charge is 2.36. The summed E-state index contributed by atoms with van der Waals surface area (Å²) < 4.78 is 32.5. The molecule has 0 aromatic rings. The summed E-state index contributed by atoms with van der Waals surface area (Å²) in [4.78, 5) is 14.2. The SMILES string of the molecule is CCNC(=O)N1CCC[C@H](NS(C)(=O)=O)[C@@H]1COC1CCC(C(C)C)CC1. The first-order chi connectivity index (χ1) is 12.7. The van der Waals surface area contributed by atoms with Gasteiger partial charge >= 0.3 is 6.03 Å². The molecule has 2 rings (SSSR count). The van der Waals surface area contributed by atoms with Gasteiger partial charge in [-0.1, -0.05) is 13.8 Å². The average Bonchev–Trinajstić information content (AvgIpc) is 2.59. The lowest BCUT2D eigenvalue weighted by molar-refractivity contribution is -0.0240. The van der Waals surface area contributed by atoms with Crippen LogP contribution < -0.4 is 10.0 Å². The minimum absolute atomic E-state index is 0.144. The second-order valence-electron chi connectivity index (χ2n) is 8.35. The smallest absolute Gasteiger partial charge is 0.317 e. The van der Waals surface area contributed by atoms with E-state index in [1.807, 2.05) is 6.92 Å². The van der Waals surface area contributed by atoms with Crippen molar-refractivity contribution in [3.8, 4) is 0 Å². The van der Waals surface area contributed by atoms with Crippen LogP contribution in [-0.4, -0.2) is 63.5 Å². The predicted molar refractivity (Wildman–Crippen MR) is 107 cm³/mol. The molecule has 1 aliphatic heterocycles. The van der Waals surface area contributed by atoms with Gasteiger partial charge in [-0.2, -0.15) is 0 Å². The summed E-state index contributed by atoms with van der Waals surface area (Å²) in [5, 5.41) is 2.84. The van der Waals surface area contributed by atoms with Crippen LogP contribution in [-0.2, 0) is 14.8 Å². The topological polar surface area (TPSA) is 87.7 Å². The van der Waals surface area contributed by atoms with E-state index in [4.69, 9.17) is 4.74 Å². The van der Waals surface area contributed by atoms with Gasteiger partial charge in [0, 0.05) is 19.1 Å². The van der Waals surface area contributed by atoms with Gasteiger partial charge in [-0.3, -0.25) is 0 Å². The van der Waals surface area contributed by atoms with E-state index in [0.29, 0.717) is 25.6 Å². The lowest BCUT2D eigenvalue weighted by Crippen LogP contribution is -2.60. The molecule has 0 aromatic heterocycles. The summed E-state index contributed by atoms with van der Waals surface area (Å²) in [5.74, 6) is 1.48. The minimum atomic E-state index is -3.34. The second kappa shape index (κ2) is 10.1. The number of hydrogen-bond donors (Lipinski definition) is 2. The monoisotopic (exact) mass is 403 g/mol. The molecule has 1 saturated carbocycles. The van der Waals surface area contributed by atoms with Crippen molar-refractivity contribution >= 4 is 16.1 Å². The lowest BCUT2D eigenvalue weighted by Gasteiger charge is -2.42. The molecule has 0 aromatic carbocycles. The second-order valence-corrected chi connectivity index (χ2v) is 10.1. The molecule has 158 valence electrons. The normalized spacial score (nSPS) is 29.7. The van der Waals surface area contributed by atoms with Crippen LogP contribution in [0.5, 0.6) is 0 Å². The highest BCUT2D eigenvalue weighted by molar-refractivity contribution is 7.88. The van der Waals surface area contributed by atoms with Crippen molar-refractivity contribution in [3.63, 3.8) is 0 Å². The number of nitrogens with one attached hydrogen (secondary N) is 2. The highest BCUT2D eigenvalue weighted by atomic mass is 32.2. The van der Waals surface area contributed by atoms with Gasteiger partial charge in [-0.05, 0) is 57.3 Å². The summed E-state index contributed by atoms with van der Waals surface area (Å²) in [7, 11) is -3.34. The number of hydrogen-bond acceptors (Lipinski definition) is 4. The van der Waals surface area contributed by atoms with E-state index in [0.717, 1.165) is 31.6 Å². The molecule has 2 atom stereocenters. The fraction of sp³-hybridized carbons (Fsp3) is 0.947. The zero-order chi connectivity index (χ0) is 20.0. The molecule has 2 aliphatic rings. The molecule has 0 unspecified atom stereocenters. The van der Waals surface area contributed by atoms with Crippen LogP contribution in [0.3, 0.4) is 0 Å². The summed E-state index contributed by atoms with van der Waals surface area (Å²) >= 11 is 0. The molecule has 8 heteroatoms. The molecular formula is C19H37N3O4S. The Bertz CT molecular complexity index is 574. The Hall–Kier alpha value is -0.860. The van der Waals surface area contributed by atoms with E-state index in [9.17, 15) is 13.2 Å². The Balaban J connectivity index is 2.00. The molecule has 0 radical (unpaired) electrons. The molecule has 1 aliphatic carbocycles. The molecule has 0 bridgehead atoms. The van der Waals surface area contributed by atoms with Crippen molar-refractivity contribution in [3.05, 3.63) is 0 Å². The number of piperidine rings is 1. The third-order valence-electron chi connectivity index (χ3n) is 5.90. The van der Waals surface area contributed by atoms with E-state index in [1.165, 1.54) is 19.1 Å². The van der Waals surface area contributed by atoms with Crippen molar-refractivity contribution in [1.82, 2.24) is 14.9 Å². The molecule has 1 saturated heterocycles. The quantitative estimate of drug-likeness (QED) is 0.683. The Morgan fingerprint density at radius 2 is 1.85 bits per heavy atom. The zero-order valence-electron chi connectivity index (χ0n) is 17.2. The van der Waals surface area contributed by atoms with E-state index in [1.54, 1.807) is 4.90 Å². The van der Waals surface area contributed by atoms with Gasteiger partial charge in [0.05, 0.1) is 25.0 Å². The summed E-state index contributed by atoms with van der Waals surface area (Å²) in [6, 6.07) is -0.721. The fourth-order valence-corrected chi connectivity index (χ4v) is 5.16. The van der Waals surface area contributed by atoms with Gasteiger partial charge in [-0.25, -0.2) is 17.9 Å². The summed E-state index contributed by atoms with van der Waals surface area (Å²) in [6.45, 7) is 7.99. The third-order valence-corrected chi connectivity index (χ3v) is 6.63. The van der Waals surface area contributed by atoms with Gasteiger partial charge in [-0.15, -0.1) is 0 Å². The standard InChI is InChI=1S/C19H37N3O4S/c1-5-20-19(23)22-12-6-7-17(21-27(4,24)25)18(22)13-26-16-10-8-15(9-11-16)14(2)3/h14-18,21H,5-13H2,1-4H3,(H,20,23)/t15?,16?,17-,18-/m0/s1. The van der Waals surface area contributed by atoms with Crippen LogP contribution in [0.15, 0.2) is 0 Å². The van der Waals surface area contributed by atoms with Crippen LogP contribution in [0.25, 0.3) is 0 Å². The Kier molecular flexibility index (Phi) is 8.37. The molecule has 27 heavy (non-hydrogen) atoms. The van der Waals surface area contributed by atoms with Crippen molar-refractivity contribution < 1.29 is 17.9 Å². The Morgan fingerprint density at radius 3 is 2.41 bits per heavy atom. The van der Waals surface area contributed by atoms with Crippen molar-refractivity contribution in [2.45, 2.75) is 77.5 Å². The van der Waals surface area contributed by atoms with E-state index in [2.05, 4.69) is 23.9 Å². The van der Waals surface area contributed by atoms with Gasteiger partial charge in [0.2, 0.25) is 10.0 Å². The maximum absolute atomic E-state index is 12.5. The first kappa shape index (κ1) is 22.4. The van der Waals surface area contributed by atoms with Crippen LogP contribution in [0.1, 0.15) is 59.3 Å². The van der Waals surface area contributed by atoms with Crippen molar-refractivity contribution in [2.24, 2.45) is 11.8 Å².